The van der Waals surface area contributed by atoms with Gasteiger partial charge in [-0.3, -0.25) is 4.99 Å². The van der Waals surface area contributed by atoms with E-state index in [1.54, 1.807) is 11.8 Å². The summed E-state index contributed by atoms with van der Waals surface area (Å²) in [7, 11) is 0. The molecule has 0 aromatic heterocycles. The zero-order chi connectivity index (χ0) is 16.6. The summed E-state index contributed by atoms with van der Waals surface area (Å²) in [6, 6.07) is 13.8. The Kier molecular flexibility index (Phi) is 4.46. The van der Waals surface area contributed by atoms with Crippen molar-refractivity contribution >= 4 is 16.9 Å². The maximum absolute atomic E-state index is 10.8. The molecule has 3 atom stereocenters. The fourth-order valence-electron chi connectivity index (χ4n) is 3.40. The summed E-state index contributed by atoms with van der Waals surface area (Å²) in [5, 5.41) is 11.4. The topological polar surface area (TPSA) is 58.6 Å². The fourth-order valence-corrected chi connectivity index (χ4v) is 4.68. The number of benzene rings is 2. The van der Waals surface area contributed by atoms with Gasteiger partial charge in [-0.2, -0.15) is 0 Å². The van der Waals surface area contributed by atoms with E-state index >= 15 is 0 Å². The van der Waals surface area contributed by atoms with Gasteiger partial charge in [0, 0.05) is 0 Å². The molecule has 2 aromatic rings. The molecule has 0 radical (unpaired) electrons. The van der Waals surface area contributed by atoms with Crippen LogP contribution in [0.3, 0.4) is 0 Å². The highest BCUT2D eigenvalue weighted by Crippen LogP contribution is 2.46. The monoisotopic (exact) mass is 326 g/mol. The number of aliphatic hydroxyl groups excluding tert-OH is 1. The molecule has 0 unspecified atom stereocenters. The Morgan fingerprint density at radius 1 is 1.09 bits per heavy atom. The predicted octanol–water partition coefficient (Wildman–Crippen LogP) is 3.82. The van der Waals surface area contributed by atoms with Crippen molar-refractivity contribution in [3.63, 3.8) is 0 Å². The molecule has 23 heavy (non-hydrogen) atoms. The number of nitrogens with two attached hydrogens (primary N) is 1. The quantitative estimate of drug-likeness (QED) is 0.901. The lowest BCUT2D eigenvalue weighted by molar-refractivity contribution is 0.147. The molecule has 2 aromatic carbocycles. The number of hydrogen-bond donors (Lipinski definition) is 2. The summed E-state index contributed by atoms with van der Waals surface area (Å²) in [6.07, 6.45) is -0.658. The maximum atomic E-state index is 10.8. The SMILES string of the molecule is Cc1cc(C)c([C@@H]2SC(N)=N[C@@H]2[C@@H](O)c2ccccc2)c(C)c1. The van der Waals surface area contributed by atoms with Crippen LogP contribution in [0.2, 0.25) is 0 Å². The fraction of sp³-hybridized carbons (Fsp3) is 0.316. The van der Waals surface area contributed by atoms with E-state index in [0.717, 1.165) is 5.56 Å². The van der Waals surface area contributed by atoms with Crippen LogP contribution < -0.4 is 5.73 Å². The average molecular weight is 326 g/mol. The van der Waals surface area contributed by atoms with Gasteiger partial charge in [0.15, 0.2) is 5.17 Å². The number of nitrogens with zero attached hydrogens (tertiary/aromatic N) is 1. The lowest BCUT2D eigenvalue weighted by Gasteiger charge is -2.25. The van der Waals surface area contributed by atoms with E-state index in [0.29, 0.717) is 5.17 Å². The summed E-state index contributed by atoms with van der Waals surface area (Å²) < 4.78 is 0. The Bertz CT molecular complexity index is 719. The van der Waals surface area contributed by atoms with Crippen molar-refractivity contribution in [3.8, 4) is 0 Å². The molecule has 3 rings (SSSR count). The van der Waals surface area contributed by atoms with Crippen LogP contribution >= 0.6 is 11.8 Å². The van der Waals surface area contributed by atoms with Crippen LogP contribution in [-0.2, 0) is 0 Å². The molecule has 0 fully saturated rings. The Balaban J connectivity index is 2.00. The van der Waals surface area contributed by atoms with Gasteiger partial charge in [-0.1, -0.05) is 59.8 Å². The minimum atomic E-state index is -0.658. The summed E-state index contributed by atoms with van der Waals surface area (Å²) in [5.74, 6) is 0. The van der Waals surface area contributed by atoms with Gasteiger partial charge < -0.3 is 10.8 Å². The number of hydrogen-bond acceptors (Lipinski definition) is 4. The molecule has 3 N–H and O–H groups in total. The molecule has 0 bridgehead atoms. The van der Waals surface area contributed by atoms with Crippen molar-refractivity contribution < 1.29 is 5.11 Å². The third-order valence-corrected chi connectivity index (χ3v) is 5.44. The maximum Gasteiger partial charge on any atom is 0.155 e. The van der Waals surface area contributed by atoms with Gasteiger partial charge in [0.2, 0.25) is 0 Å². The first-order chi connectivity index (χ1) is 11.0. The Morgan fingerprint density at radius 2 is 1.70 bits per heavy atom. The predicted molar refractivity (Wildman–Crippen MR) is 97.8 cm³/mol. The lowest BCUT2D eigenvalue weighted by atomic mass is 9.90. The number of aryl methyl sites for hydroxylation is 3. The van der Waals surface area contributed by atoms with Gasteiger partial charge in [-0.05, 0) is 43.0 Å². The zero-order valence-corrected chi connectivity index (χ0v) is 14.5. The van der Waals surface area contributed by atoms with Gasteiger partial charge in [0.05, 0.1) is 11.3 Å². The van der Waals surface area contributed by atoms with E-state index in [9.17, 15) is 5.11 Å². The van der Waals surface area contributed by atoms with Crippen LogP contribution in [-0.4, -0.2) is 16.3 Å². The van der Waals surface area contributed by atoms with Crippen LogP contribution in [0.25, 0.3) is 0 Å². The highest BCUT2D eigenvalue weighted by Gasteiger charge is 2.37. The molecule has 4 heteroatoms. The van der Waals surface area contributed by atoms with Crippen LogP contribution in [0, 0.1) is 20.8 Å². The Morgan fingerprint density at radius 3 is 2.30 bits per heavy atom. The normalized spacial score (nSPS) is 22.0. The van der Waals surface area contributed by atoms with Crippen molar-refractivity contribution in [2.24, 2.45) is 10.7 Å². The molecule has 0 spiro atoms. The van der Waals surface area contributed by atoms with Gasteiger partial charge in [-0.15, -0.1) is 0 Å². The van der Waals surface area contributed by atoms with Crippen LogP contribution in [0.15, 0.2) is 47.5 Å². The molecule has 1 aliphatic heterocycles. The van der Waals surface area contributed by atoms with Gasteiger partial charge in [-0.25, -0.2) is 0 Å². The van der Waals surface area contributed by atoms with Crippen LogP contribution in [0.5, 0.6) is 0 Å². The molecular weight excluding hydrogens is 304 g/mol. The molecular formula is C19H22N2OS. The van der Waals surface area contributed by atoms with E-state index in [-0.39, 0.29) is 11.3 Å². The number of aliphatic hydroxyl groups is 1. The highest BCUT2D eigenvalue weighted by molar-refractivity contribution is 8.14. The smallest absolute Gasteiger partial charge is 0.155 e. The molecule has 0 saturated carbocycles. The van der Waals surface area contributed by atoms with Gasteiger partial charge in [0.1, 0.15) is 6.10 Å². The first-order valence-electron chi connectivity index (χ1n) is 7.78. The molecule has 0 saturated heterocycles. The van der Waals surface area contributed by atoms with E-state index in [2.05, 4.69) is 37.9 Å². The number of aliphatic imine (C=N–C) groups is 1. The number of rotatable bonds is 3. The second-order valence-corrected chi connectivity index (χ2v) is 7.33. The first-order valence-corrected chi connectivity index (χ1v) is 8.66. The summed E-state index contributed by atoms with van der Waals surface area (Å²) in [4.78, 5) is 4.53. The standard InChI is InChI=1S/C19H22N2OS/c1-11-9-12(2)15(13(3)10-11)18-16(21-19(20)23-18)17(22)14-7-5-4-6-8-14/h4-10,16-18,22H,1-3H3,(H2,20,21)/t16-,17+,18+/m1/s1. The van der Waals surface area contributed by atoms with Crippen molar-refractivity contribution in [2.45, 2.75) is 38.2 Å². The van der Waals surface area contributed by atoms with Crippen LogP contribution in [0.1, 0.15) is 39.2 Å². The zero-order valence-electron chi connectivity index (χ0n) is 13.7. The molecule has 120 valence electrons. The number of amidine groups is 1. The summed E-state index contributed by atoms with van der Waals surface area (Å²) >= 11 is 1.55. The molecule has 0 amide bonds. The lowest BCUT2D eigenvalue weighted by Crippen LogP contribution is -2.21. The van der Waals surface area contributed by atoms with Crippen molar-refractivity contribution in [1.82, 2.24) is 0 Å². The van der Waals surface area contributed by atoms with Crippen molar-refractivity contribution in [2.75, 3.05) is 0 Å². The van der Waals surface area contributed by atoms with E-state index in [1.807, 2.05) is 30.3 Å². The molecule has 3 nitrogen and oxygen atoms in total. The highest BCUT2D eigenvalue weighted by atomic mass is 32.2. The van der Waals surface area contributed by atoms with Crippen molar-refractivity contribution in [3.05, 3.63) is 70.3 Å². The molecule has 1 heterocycles. The van der Waals surface area contributed by atoms with Gasteiger partial charge >= 0.3 is 0 Å². The minimum Gasteiger partial charge on any atom is -0.386 e. The Hall–Kier alpha value is -1.78. The van der Waals surface area contributed by atoms with E-state index in [4.69, 9.17) is 5.73 Å². The third kappa shape index (κ3) is 3.14. The largest absolute Gasteiger partial charge is 0.386 e. The van der Waals surface area contributed by atoms with Crippen LogP contribution in [0.4, 0.5) is 0 Å². The van der Waals surface area contributed by atoms with Crippen molar-refractivity contribution in [1.29, 1.82) is 0 Å². The minimum absolute atomic E-state index is 0.0470. The second-order valence-electron chi connectivity index (χ2n) is 6.16. The molecule has 0 aliphatic carbocycles. The van der Waals surface area contributed by atoms with E-state index in [1.165, 1.54) is 22.3 Å². The first kappa shape index (κ1) is 16.1. The Labute approximate surface area is 141 Å². The van der Waals surface area contributed by atoms with E-state index < -0.39 is 6.10 Å². The summed E-state index contributed by atoms with van der Waals surface area (Å²) in [5.41, 5.74) is 11.8. The third-order valence-electron chi connectivity index (χ3n) is 4.32. The molecule has 1 aliphatic rings. The average Bonchev–Trinajstić information content (AvgIpc) is 2.88. The summed E-state index contributed by atoms with van der Waals surface area (Å²) in [6.45, 7) is 6.35. The second kappa shape index (κ2) is 6.38. The number of thioether (sulfide) groups is 1. The van der Waals surface area contributed by atoms with Gasteiger partial charge in [0.25, 0.3) is 0 Å².